The maximum absolute atomic E-state index is 6.34. The van der Waals surface area contributed by atoms with E-state index in [4.69, 9.17) is 10.5 Å². The van der Waals surface area contributed by atoms with Crippen LogP contribution in [-0.4, -0.2) is 36.6 Å². The molecule has 6 N–H and O–H groups in total. The number of thiophene rings is 1. The van der Waals surface area contributed by atoms with Gasteiger partial charge in [-0.05, 0) is 68.7 Å². The largest absolute Gasteiger partial charge is 0.484 e. The normalized spacial score (nSPS) is 14.5. The Morgan fingerprint density at radius 1 is 1.08 bits per heavy atom. The molecule has 0 amide bonds. The van der Waals surface area contributed by atoms with Crippen molar-refractivity contribution in [3.8, 4) is 5.75 Å². The van der Waals surface area contributed by atoms with E-state index in [0.717, 1.165) is 43.2 Å². The van der Waals surface area contributed by atoms with Gasteiger partial charge in [0.2, 0.25) is 0 Å². The molecule has 0 unspecified atom stereocenters. The number of hydrogen-bond donors (Lipinski definition) is 3. The Bertz CT molecular complexity index is 1190. The first-order valence-corrected chi connectivity index (χ1v) is 14.2. The van der Waals surface area contributed by atoms with E-state index in [-0.39, 0.29) is 36.4 Å². The number of nitrogens with one attached hydrogen (secondary N) is 2. The third-order valence-electron chi connectivity index (χ3n) is 6.18. The highest BCUT2D eigenvalue weighted by atomic mass is 35.5. The third-order valence-corrected chi connectivity index (χ3v) is 8.09. The number of hydrogen-bond acceptors (Lipinski definition) is 7. The minimum atomic E-state index is 0. The number of thiazole rings is 1. The van der Waals surface area contributed by atoms with Crippen molar-refractivity contribution in [2.75, 3.05) is 25.9 Å². The smallest absolute Gasteiger partial charge is 0.180 e. The van der Waals surface area contributed by atoms with Gasteiger partial charge in [-0.15, -0.1) is 47.5 Å². The first-order valence-electron chi connectivity index (χ1n) is 12.5. The number of anilines is 1. The fraction of sp³-hybridized carbons (Fsp3) is 0.393. The van der Waals surface area contributed by atoms with Crippen molar-refractivity contribution in [1.29, 1.82) is 0 Å². The summed E-state index contributed by atoms with van der Waals surface area (Å²) in [5.74, 6) is 0.961. The van der Waals surface area contributed by atoms with E-state index in [1.54, 1.807) is 22.7 Å². The second-order valence-electron chi connectivity index (χ2n) is 8.81. The van der Waals surface area contributed by atoms with Gasteiger partial charge in [0.1, 0.15) is 11.9 Å². The van der Waals surface area contributed by atoms with Gasteiger partial charge in [-0.1, -0.05) is 49.4 Å². The summed E-state index contributed by atoms with van der Waals surface area (Å²) in [5.41, 5.74) is 6.93. The molecule has 6 nitrogen and oxygen atoms in total. The van der Waals surface area contributed by atoms with E-state index in [0.29, 0.717) is 6.04 Å². The molecule has 1 aliphatic carbocycles. The molecule has 4 aromatic rings. The van der Waals surface area contributed by atoms with Gasteiger partial charge in [0, 0.05) is 27.6 Å². The summed E-state index contributed by atoms with van der Waals surface area (Å²) in [7, 11) is 1.98. The van der Waals surface area contributed by atoms with Crippen molar-refractivity contribution in [2.24, 2.45) is 0 Å². The van der Waals surface area contributed by atoms with E-state index in [1.165, 1.54) is 39.1 Å². The van der Waals surface area contributed by atoms with Crippen LogP contribution in [0.3, 0.4) is 0 Å². The number of nitrogen functional groups attached to an aromatic ring is 1. The molecular formula is C28H40Cl2N4O2S2. The van der Waals surface area contributed by atoms with Gasteiger partial charge in [0.25, 0.3) is 0 Å². The topological polar surface area (TPSA) is 104 Å². The van der Waals surface area contributed by atoms with E-state index in [2.05, 4.69) is 82.5 Å². The van der Waals surface area contributed by atoms with Crippen LogP contribution >= 0.6 is 47.5 Å². The van der Waals surface area contributed by atoms with E-state index in [1.807, 2.05) is 7.05 Å². The Hall–Kier alpha value is -1.91. The van der Waals surface area contributed by atoms with Crippen LogP contribution in [0.4, 0.5) is 5.13 Å². The van der Waals surface area contributed by atoms with Gasteiger partial charge in [0.15, 0.2) is 5.13 Å². The molecule has 210 valence electrons. The number of nitrogens with two attached hydrogens (primary N) is 1. The minimum Gasteiger partial charge on any atom is -0.484 e. The van der Waals surface area contributed by atoms with Crippen molar-refractivity contribution >= 4 is 63.4 Å². The van der Waals surface area contributed by atoms with Crippen LogP contribution in [0.25, 0.3) is 10.8 Å². The van der Waals surface area contributed by atoms with Crippen molar-refractivity contribution in [2.45, 2.75) is 51.2 Å². The summed E-state index contributed by atoms with van der Waals surface area (Å²) in [6, 6.07) is 19.5. The molecule has 1 aliphatic rings. The number of halogens is 2. The molecule has 0 bridgehead atoms. The molecule has 38 heavy (non-hydrogen) atoms. The highest BCUT2D eigenvalue weighted by Gasteiger charge is 2.21. The molecule has 2 atom stereocenters. The number of nitrogens with zero attached hydrogens (tertiary/aromatic N) is 1. The second-order valence-corrected chi connectivity index (χ2v) is 10.9. The van der Waals surface area contributed by atoms with Gasteiger partial charge in [0.05, 0.1) is 5.69 Å². The molecule has 0 saturated heterocycles. The Kier molecular flexibility index (Phi) is 15.8. The molecule has 0 saturated carbocycles. The van der Waals surface area contributed by atoms with Gasteiger partial charge in [-0.2, -0.15) is 0 Å². The van der Waals surface area contributed by atoms with Crippen LogP contribution in [0, 0.1) is 0 Å². The molecule has 2 heterocycles. The predicted octanol–water partition coefficient (Wildman–Crippen LogP) is 6.23. The molecule has 0 spiro atoms. The van der Waals surface area contributed by atoms with Gasteiger partial charge in [-0.3, -0.25) is 0 Å². The van der Waals surface area contributed by atoms with Crippen LogP contribution in [0.1, 0.15) is 47.7 Å². The van der Waals surface area contributed by atoms with Crippen molar-refractivity contribution in [1.82, 2.24) is 15.6 Å². The zero-order valence-electron chi connectivity index (χ0n) is 21.9. The van der Waals surface area contributed by atoms with Crippen molar-refractivity contribution < 1.29 is 10.2 Å². The van der Waals surface area contributed by atoms with Crippen LogP contribution in [-0.2, 0) is 12.8 Å². The first kappa shape index (κ1) is 34.1. The molecule has 0 fully saturated rings. The molecule has 10 heteroatoms. The highest BCUT2D eigenvalue weighted by molar-refractivity contribution is 7.15. The summed E-state index contributed by atoms with van der Waals surface area (Å²) in [6.45, 7) is 4.26. The zero-order chi connectivity index (χ0) is 24.5. The average molecular weight is 600 g/mol. The number of benzene rings is 2. The number of ether oxygens (including phenoxy) is 1. The van der Waals surface area contributed by atoms with Crippen LogP contribution in [0.15, 0.2) is 60.0 Å². The molecule has 0 radical (unpaired) electrons. The highest BCUT2D eigenvalue weighted by Crippen LogP contribution is 2.32. The fourth-order valence-electron chi connectivity index (χ4n) is 4.38. The standard InChI is InChI=1S/C18H19NOS.C10H17N3S.2ClH.H2O/c1-19-12-11-17(18-10-5-13-21-18)20-16-9-4-7-14-6-2-3-8-15(14)16;1-2-5-12-7-3-4-8-9(6-7)14-10(11)13-8;;;/h2-10,13,17,19H,11-12H2,1H3;7,12H,2-6H2,1H3,(H2,11,13);2*1H;1H2/t17-;7-;;;/m00.../s1. The molecule has 2 aromatic carbocycles. The van der Waals surface area contributed by atoms with Crippen molar-refractivity contribution in [3.63, 3.8) is 0 Å². The van der Waals surface area contributed by atoms with E-state index in [9.17, 15) is 0 Å². The van der Waals surface area contributed by atoms with Crippen LogP contribution < -0.4 is 21.1 Å². The van der Waals surface area contributed by atoms with Gasteiger partial charge < -0.3 is 26.6 Å². The maximum Gasteiger partial charge on any atom is 0.180 e. The molecule has 0 aliphatic heterocycles. The number of aromatic nitrogens is 1. The van der Waals surface area contributed by atoms with Crippen molar-refractivity contribution in [3.05, 3.63) is 75.4 Å². The third kappa shape index (κ3) is 9.38. The van der Waals surface area contributed by atoms with E-state index >= 15 is 0 Å². The quantitative estimate of drug-likeness (QED) is 0.212. The van der Waals surface area contributed by atoms with Crippen LogP contribution in [0.5, 0.6) is 5.75 Å². The van der Waals surface area contributed by atoms with Gasteiger partial charge in [-0.25, -0.2) is 4.98 Å². The monoisotopic (exact) mass is 598 g/mol. The minimum absolute atomic E-state index is 0. The Morgan fingerprint density at radius 3 is 2.61 bits per heavy atom. The SMILES string of the molecule is CCCN[C@H]1CCc2nc(N)sc2C1.CNCC[C@H](Oc1cccc2ccccc12)c1cccs1.Cl.Cl.O. The number of fused-ring (bicyclic) bond motifs is 2. The van der Waals surface area contributed by atoms with E-state index < -0.39 is 0 Å². The number of rotatable bonds is 9. The average Bonchev–Trinajstić information content (AvgIpc) is 3.54. The zero-order valence-corrected chi connectivity index (χ0v) is 25.2. The Labute approximate surface area is 246 Å². The predicted molar refractivity (Wildman–Crippen MR) is 169 cm³/mol. The summed E-state index contributed by atoms with van der Waals surface area (Å²) >= 11 is 3.41. The van der Waals surface area contributed by atoms with Gasteiger partial charge >= 0.3 is 0 Å². The summed E-state index contributed by atoms with van der Waals surface area (Å²) in [4.78, 5) is 7.00. The summed E-state index contributed by atoms with van der Waals surface area (Å²) in [5, 5.41) is 12.0. The Balaban J connectivity index is 0.000000376. The molecule has 2 aromatic heterocycles. The summed E-state index contributed by atoms with van der Waals surface area (Å²) in [6.07, 6.45) is 5.67. The lowest BCUT2D eigenvalue weighted by Crippen LogP contribution is -2.34. The maximum atomic E-state index is 6.34. The van der Waals surface area contributed by atoms with Crippen LogP contribution in [0.2, 0.25) is 0 Å². The molecule has 5 rings (SSSR count). The lowest BCUT2D eigenvalue weighted by Gasteiger charge is -2.21. The summed E-state index contributed by atoms with van der Waals surface area (Å²) < 4.78 is 6.34. The lowest BCUT2D eigenvalue weighted by molar-refractivity contribution is 0.201. The lowest BCUT2D eigenvalue weighted by atomic mass is 9.98. The number of aryl methyl sites for hydroxylation is 1. The molecular weight excluding hydrogens is 559 g/mol. The second kappa shape index (κ2) is 17.6. The fourth-order valence-corrected chi connectivity index (χ4v) is 6.13. The first-order chi connectivity index (χ1) is 17.2. The Morgan fingerprint density at radius 2 is 1.87 bits per heavy atom.